The Hall–Kier alpha value is -2.80. The second kappa shape index (κ2) is 10.3. The van der Waals surface area contributed by atoms with Gasteiger partial charge in [-0.3, -0.25) is 4.79 Å². The number of carbonyl (C=O) groups is 2. The molecule has 1 atom stereocenters. The molecule has 0 spiro atoms. The smallest absolute Gasteiger partial charge is 0.475 e. The van der Waals surface area contributed by atoms with Crippen molar-refractivity contribution in [1.82, 2.24) is 19.9 Å². The Balaban J connectivity index is 0.000000396. The number of aliphatic carboxylic acids is 1. The topological polar surface area (TPSA) is 134 Å². The summed E-state index contributed by atoms with van der Waals surface area (Å²) in [5.74, 6) is -2.32. The predicted octanol–water partition coefficient (Wildman–Crippen LogP) is 2.05. The Labute approximate surface area is 174 Å². The number of hydrogen-bond acceptors (Lipinski definition) is 8. The van der Waals surface area contributed by atoms with Crippen LogP contribution in [0.1, 0.15) is 33.1 Å². The number of carbonyl (C=O) groups excluding carboxylic acids is 1. The summed E-state index contributed by atoms with van der Waals surface area (Å²) in [5, 5.41) is 11.2. The van der Waals surface area contributed by atoms with Gasteiger partial charge in [-0.1, -0.05) is 0 Å². The predicted molar refractivity (Wildman–Crippen MR) is 103 cm³/mol. The van der Waals surface area contributed by atoms with Gasteiger partial charge >= 0.3 is 12.1 Å². The summed E-state index contributed by atoms with van der Waals surface area (Å²) in [7, 11) is 0. The van der Waals surface area contributed by atoms with E-state index in [0.717, 1.165) is 24.4 Å². The number of aromatic nitrogens is 3. The Morgan fingerprint density at radius 2 is 1.93 bits per heavy atom. The lowest BCUT2D eigenvalue weighted by Crippen LogP contribution is -2.45. The monoisotopic (exact) mass is 446 g/mol. The number of nitrogens with one attached hydrogen (secondary N) is 1. The zero-order valence-corrected chi connectivity index (χ0v) is 16.8. The van der Waals surface area contributed by atoms with E-state index in [9.17, 15) is 18.0 Å². The van der Waals surface area contributed by atoms with E-state index in [-0.39, 0.29) is 11.9 Å². The van der Waals surface area contributed by atoms with Crippen LogP contribution in [0.3, 0.4) is 0 Å². The maximum atomic E-state index is 12.4. The number of halogens is 3. The van der Waals surface area contributed by atoms with Crippen LogP contribution < -0.4 is 11.1 Å². The van der Waals surface area contributed by atoms with E-state index in [0.29, 0.717) is 24.6 Å². The molecule has 4 N–H and O–H groups in total. The van der Waals surface area contributed by atoms with Crippen LogP contribution in [-0.4, -0.2) is 62.1 Å². The highest BCUT2D eigenvalue weighted by molar-refractivity contribution is 7.11. The van der Waals surface area contributed by atoms with Gasteiger partial charge in [-0.05, 0) is 19.8 Å². The summed E-state index contributed by atoms with van der Waals surface area (Å²) >= 11 is 1.63. The summed E-state index contributed by atoms with van der Waals surface area (Å²) in [4.78, 5) is 36.9. The van der Waals surface area contributed by atoms with Crippen molar-refractivity contribution in [2.45, 2.75) is 38.5 Å². The maximum absolute atomic E-state index is 12.4. The van der Waals surface area contributed by atoms with Gasteiger partial charge in [0.15, 0.2) is 0 Å². The zero-order valence-electron chi connectivity index (χ0n) is 16.0. The van der Waals surface area contributed by atoms with Gasteiger partial charge in [0, 0.05) is 42.6 Å². The number of aryl methyl sites for hydroxylation is 1. The number of piperidine rings is 1. The number of carboxylic acid groups (broad SMARTS) is 1. The quantitative estimate of drug-likeness (QED) is 0.650. The fraction of sp³-hybridized carbons (Fsp3) is 0.471. The van der Waals surface area contributed by atoms with Crippen LogP contribution >= 0.6 is 11.3 Å². The number of rotatable bonds is 4. The molecule has 1 aliphatic rings. The fourth-order valence-electron chi connectivity index (χ4n) is 2.54. The molecule has 0 aromatic carbocycles. The molecule has 9 nitrogen and oxygen atoms in total. The Kier molecular flexibility index (Phi) is 8.06. The molecule has 13 heteroatoms. The van der Waals surface area contributed by atoms with E-state index >= 15 is 0 Å². The van der Waals surface area contributed by atoms with Crippen molar-refractivity contribution in [2.24, 2.45) is 5.73 Å². The summed E-state index contributed by atoms with van der Waals surface area (Å²) in [5.41, 5.74) is 6.42. The molecule has 0 aliphatic carbocycles. The highest BCUT2D eigenvalue weighted by Gasteiger charge is 2.38. The average molecular weight is 446 g/mol. The first-order valence-electron chi connectivity index (χ1n) is 8.88. The fourth-order valence-corrected chi connectivity index (χ4v) is 3.27. The van der Waals surface area contributed by atoms with E-state index in [1.54, 1.807) is 28.6 Å². The van der Waals surface area contributed by atoms with Crippen molar-refractivity contribution in [3.63, 3.8) is 0 Å². The van der Waals surface area contributed by atoms with Gasteiger partial charge in [0.2, 0.25) is 5.95 Å². The van der Waals surface area contributed by atoms with Gasteiger partial charge in [0.05, 0.1) is 12.1 Å². The maximum Gasteiger partial charge on any atom is 0.490 e. The third-order valence-corrected chi connectivity index (χ3v) is 4.87. The van der Waals surface area contributed by atoms with Crippen molar-refractivity contribution < 1.29 is 27.9 Å². The Bertz CT molecular complexity index is 859. The normalized spacial score (nSPS) is 16.4. The van der Waals surface area contributed by atoms with Crippen molar-refractivity contribution in [1.29, 1.82) is 0 Å². The molecule has 1 aliphatic heterocycles. The SMILES string of the molecule is Cc1cnc(CNc2ncc(C(=O)N3CCCC(N)C3)cn2)s1.O=C(O)C(F)(F)F. The highest BCUT2D eigenvalue weighted by atomic mass is 32.1. The molecular formula is C17H21F3N6O3S. The van der Waals surface area contributed by atoms with E-state index in [2.05, 4.69) is 20.3 Å². The Morgan fingerprint density at radius 3 is 2.43 bits per heavy atom. The lowest BCUT2D eigenvalue weighted by molar-refractivity contribution is -0.192. The van der Waals surface area contributed by atoms with Crippen LogP contribution in [0.4, 0.5) is 19.1 Å². The molecule has 1 amide bonds. The molecule has 1 unspecified atom stereocenters. The second-order valence-electron chi connectivity index (χ2n) is 6.47. The number of hydrogen-bond donors (Lipinski definition) is 3. The summed E-state index contributed by atoms with van der Waals surface area (Å²) in [6, 6.07) is 0.0660. The van der Waals surface area contributed by atoms with E-state index in [1.807, 2.05) is 13.1 Å². The van der Waals surface area contributed by atoms with E-state index in [1.165, 1.54) is 4.88 Å². The third kappa shape index (κ3) is 7.22. The van der Waals surface area contributed by atoms with Crippen molar-refractivity contribution in [2.75, 3.05) is 18.4 Å². The number of nitrogens with zero attached hydrogens (tertiary/aromatic N) is 4. The van der Waals surface area contributed by atoms with Gasteiger partial charge < -0.3 is 21.1 Å². The molecule has 1 fully saturated rings. The number of anilines is 1. The molecule has 1 saturated heterocycles. The molecule has 164 valence electrons. The van der Waals surface area contributed by atoms with E-state index in [4.69, 9.17) is 15.6 Å². The molecule has 0 saturated carbocycles. The number of carboxylic acids is 1. The number of likely N-dealkylation sites (tertiary alicyclic amines) is 1. The van der Waals surface area contributed by atoms with Crippen molar-refractivity contribution >= 4 is 29.2 Å². The molecule has 2 aromatic rings. The van der Waals surface area contributed by atoms with Crippen LogP contribution in [0, 0.1) is 6.92 Å². The minimum absolute atomic E-state index is 0.0535. The van der Waals surface area contributed by atoms with Gasteiger partial charge in [-0.25, -0.2) is 19.7 Å². The first kappa shape index (κ1) is 23.5. The van der Waals surface area contributed by atoms with Crippen LogP contribution in [0.25, 0.3) is 0 Å². The average Bonchev–Trinajstić information content (AvgIpc) is 3.11. The summed E-state index contributed by atoms with van der Waals surface area (Å²) < 4.78 is 31.7. The number of thiazole rings is 1. The van der Waals surface area contributed by atoms with Gasteiger partial charge in [0.1, 0.15) is 5.01 Å². The van der Waals surface area contributed by atoms with Gasteiger partial charge in [0.25, 0.3) is 5.91 Å². The van der Waals surface area contributed by atoms with Crippen LogP contribution in [-0.2, 0) is 11.3 Å². The second-order valence-corrected chi connectivity index (χ2v) is 7.79. The zero-order chi connectivity index (χ0) is 22.3. The molecule has 3 rings (SSSR count). The summed E-state index contributed by atoms with van der Waals surface area (Å²) in [6.07, 6.45) is 1.80. The van der Waals surface area contributed by atoms with Gasteiger partial charge in [-0.15, -0.1) is 11.3 Å². The molecule has 3 heterocycles. The first-order valence-corrected chi connectivity index (χ1v) is 9.70. The van der Waals surface area contributed by atoms with Crippen molar-refractivity contribution in [3.8, 4) is 0 Å². The standard InChI is InChI=1S/C15H20N6OS.C2HF3O2/c1-10-5-17-13(23-10)8-20-15-18-6-11(7-19-15)14(22)21-4-2-3-12(16)9-21;3-2(4,5)1(6)7/h5-7,12H,2-4,8-9,16H2,1H3,(H,18,19,20);(H,6,7). The minimum Gasteiger partial charge on any atom is -0.475 e. The van der Waals surface area contributed by atoms with Crippen LogP contribution in [0.15, 0.2) is 18.6 Å². The first-order chi connectivity index (χ1) is 14.1. The molecule has 0 bridgehead atoms. The molecule has 0 radical (unpaired) electrons. The highest BCUT2D eigenvalue weighted by Crippen LogP contribution is 2.15. The van der Waals surface area contributed by atoms with E-state index < -0.39 is 12.1 Å². The Morgan fingerprint density at radius 1 is 1.30 bits per heavy atom. The lowest BCUT2D eigenvalue weighted by Gasteiger charge is -2.30. The lowest BCUT2D eigenvalue weighted by atomic mass is 10.1. The van der Waals surface area contributed by atoms with Crippen LogP contribution in [0.2, 0.25) is 0 Å². The van der Waals surface area contributed by atoms with Crippen molar-refractivity contribution in [3.05, 3.63) is 34.0 Å². The number of amides is 1. The molecule has 2 aromatic heterocycles. The third-order valence-electron chi connectivity index (χ3n) is 3.95. The largest absolute Gasteiger partial charge is 0.490 e. The molecule has 30 heavy (non-hydrogen) atoms. The number of alkyl halides is 3. The van der Waals surface area contributed by atoms with Gasteiger partial charge in [-0.2, -0.15) is 13.2 Å². The van der Waals surface area contributed by atoms with Crippen LogP contribution in [0.5, 0.6) is 0 Å². The number of nitrogens with two attached hydrogens (primary N) is 1. The summed E-state index contributed by atoms with van der Waals surface area (Å²) in [6.45, 7) is 3.94. The molecular weight excluding hydrogens is 425 g/mol. The minimum atomic E-state index is -5.08.